The Balaban J connectivity index is 1.71. The molecule has 0 aliphatic heterocycles. The van der Waals surface area contributed by atoms with E-state index in [-0.39, 0.29) is 0 Å². The first-order chi connectivity index (χ1) is 13.8. The zero-order chi connectivity index (χ0) is 18.9. The quantitative estimate of drug-likeness (QED) is 0.545. The van der Waals surface area contributed by atoms with Crippen LogP contribution in [0.4, 0.5) is 0 Å². The predicted octanol–water partition coefficient (Wildman–Crippen LogP) is 5.85. The number of fused-ring (bicyclic) bond motifs is 1. The second kappa shape index (κ2) is 7.08. The number of hydrogen-bond donors (Lipinski definition) is 0. The molecular weight excluding hydrogens is 342 g/mol. The van der Waals surface area contributed by atoms with E-state index in [1.54, 1.807) is 0 Å². The van der Waals surface area contributed by atoms with Crippen molar-refractivity contribution in [2.24, 2.45) is 17.8 Å². The summed E-state index contributed by atoms with van der Waals surface area (Å²) in [6.45, 7) is 2.29. The first-order valence-corrected chi connectivity index (χ1v) is 9.94. The van der Waals surface area contributed by atoms with Gasteiger partial charge in [-0.1, -0.05) is 91.9 Å². The van der Waals surface area contributed by atoms with Gasteiger partial charge in [-0.2, -0.15) is 0 Å². The van der Waals surface area contributed by atoms with Crippen molar-refractivity contribution < 1.29 is 0 Å². The Hall–Kier alpha value is -3.20. The van der Waals surface area contributed by atoms with E-state index >= 15 is 0 Å². The summed E-state index contributed by atoms with van der Waals surface area (Å²) >= 11 is 0. The summed E-state index contributed by atoms with van der Waals surface area (Å²) in [6.07, 6.45) is 12.7. The van der Waals surface area contributed by atoms with Gasteiger partial charge in [0.15, 0.2) is 11.6 Å². The molecular formula is C25H23N3. The molecule has 3 aromatic rings. The van der Waals surface area contributed by atoms with Crippen molar-refractivity contribution in [3.05, 3.63) is 91.0 Å². The van der Waals surface area contributed by atoms with E-state index < -0.39 is 0 Å². The standard InChI is InChI=1S/C25H23N3/c1-18-15-16-22-21(17-18)13-8-14-23(22)28-24(19-9-4-2-5-10-19)26-27-25(28)20-11-6-3-7-12-20/h2-16,18,21-22H,17H2,1H3. The summed E-state index contributed by atoms with van der Waals surface area (Å²) < 4.78 is 2.26. The van der Waals surface area contributed by atoms with Crippen LogP contribution in [0.1, 0.15) is 13.3 Å². The van der Waals surface area contributed by atoms with Crippen molar-refractivity contribution in [2.45, 2.75) is 13.3 Å². The zero-order valence-corrected chi connectivity index (χ0v) is 15.9. The van der Waals surface area contributed by atoms with Gasteiger partial charge in [-0.05, 0) is 24.3 Å². The van der Waals surface area contributed by atoms with E-state index in [1.807, 2.05) is 12.1 Å². The van der Waals surface area contributed by atoms with Gasteiger partial charge in [-0.15, -0.1) is 10.2 Å². The molecule has 0 N–H and O–H groups in total. The number of allylic oxidation sites excluding steroid dienone is 6. The largest absolute Gasteiger partial charge is 0.278 e. The highest BCUT2D eigenvalue weighted by molar-refractivity contribution is 5.72. The van der Waals surface area contributed by atoms with Crippen molar-refractivity contribution in [3.8, 4) is 22.8 Å². The molecule has 0 spiro atoms. The lowest BCUT2D eigenvalue weighted by Gasteiger charge is -2.33. The van der Waals surface area contributed by atoms with Crippen molar-refractivity contribution >= 4 is 5.70 Å². The molecule has 3 nitrogen and oxygen atoms in total. The molecule has 2 aliphatic carbocycles. The van der Waals surface area contributed by atoms with Gasteiger partial charge in [0, 0.05) is 22.7 Å². The molecule has 0 bridgehead atoms. The Morgan fingerprint density at radius 2 is 1.39 bits per heavy atom. The van der Waals surface area contributed by atoms with Crippen LogP contribution >= 0.6 is 0 Å². The van der Waals surface area contributed by atoms with Crippen LogP contribution < -0.4 is 0 Å². The van der Waals surface area contributed by atoms with Crippen molar-refractivity contribution in [2.75, 3.05) is 0 Å². The zero-order valence-electron chi connectivity index (χ0n) is 15.9. The molecule has 3 atom stereocenters. The number of nitrogens with zero attached hydrogens (tertiary/aromatic N) is 3. The van der Waals surface area contributed by atoms with E-state index in [0.29, 0.717) is 17.8 Å². The van der Waals surface area contributed by atoms with E-state index in [4.69, 9.17) is 0 Å². The molecule has 3 heteroatoms. The molecule has 3 unspecified atom stereocenters. The molecule has 0 amide bonds. The van der Waals surface area contributed by atoms with Gasteiger partial charge in [0.05, 0.1) is 0 Å². The summed E-state index contributed by atoms with van der Waals surface area (Å²) in [7, 11) is 0. The van der Waals surface area contributed by atoms with E-state index in [2.05, 4.69) is 101 Å². The molecule has 0 saturated carbocycles. The molecule has 0 fully saturated rings. The lowest BCUT2D eigenvalue weighted by Crippen LogP contribution is -2.24. The van der Waals surface area contributed by atoms with Crippen LogP contribution in [0.15, 0.2) is 91.0 Å². The van der Waals surface area contributed by atoms with Crippen LogP contribution in [0.25, 0.3) is 28.5 Å². The average molecular weight is 365 g/mol. The Morgan fingerprint density at radius 1 is 0.786 bits per heavy atom. The van der Waals surface area contributed by atoms with Gasteiger partial charge < -0.3 is 0 Å². The average Bonchev–Trinajstić information content (AvgIpc) is 3.19. The minimum Gasteiger partial charge on any atom is -0.278 e. The topological polar surface area (TPSA) is 30.7 Å². The number of aromatic nitrogens is 3. The molecule has 138 valence electrons. The first-order valence-electron chi connectivity index (χ1n) is 9.94. The van der Waals surface area contributed by atoms with Gasteiger partial charge in [0.2, 0.25) is 0 Å². The first kappa shape index (κ1) is 16.9. The van der Waals surface area contributed by atoms with Crippen molar-refractivity contribution in [1.29, 1.82) is 0 Å². The molecule has 1 aromatic heterocycles. The molecule has 1 heterocycles. The minimum absolute atomic E-state index is 0.349. The van der Waals surface area contributed by atoms with E-state index in [1.165, 1.54) is 12.1 Å². The fraction of sp³-hybridized carbons (Fsp3) is 0.200. The molecule has 28 heavy (non-hydrogen) atoms. The summed E-state index contributed by atoms with van der Waals surface area (Å²) in [5.41, 5.74) is 3.41. The third-order valence-electron chi connectivity index (χ3n) is 5.70. The fourth-order valence-electron chi connectivity index (χ4n) is 4.33. The monoisotopic (exact) mass is 365 g/mol. The van der Waals surface area contributed by atoms with Gasteiger partial charge in [0.25, 0.3) is 0 Å². The van der Waals surface area contributed by atoms with Crippen LogP contribution in [0, 0.1) is 17.8 Å². The van der Waals surface area contributed by atoms with Crippen molar-refractivity contribution in [1.82, 2.24) is 14.8 Å². The Kier molecular flexibility index (Phi) is 4.28. The molecule has 2 aliphatic rings. The normalized spacial score (nSPS) is 23.3. The molecule has 0 radical (unpaired) electrons. The highest BCUT2D eigenvalue weighted by Gasteiger charge is 2.31. The Bertz CT molecular complexity index is 1000. The number of hydrogen-bond acceptors (Lipinski definition) is 2. The van der Waals surface area contributed by atoms with Gasteiger partial charge in [0.1, 0.15) is 0 Å². The molecule has 5 rings (SSSR count). The highest BCUT2D eigenvalue weighted by Crippen LogP contribution is 2.41. The summed E-state index contributed by atoms with van der Waals surface area (Å²) in [4.78, 5) is 0. The van der Waals surface area contributed by atoms with Gasteiger partial charge in [-0.3, -0.25) is 4.57 Å². The van der Waals surface area contributed by atoms with E-state index in [0.717, 1.165) is 22.8 Å². The van der Waals surface area contributed by atoms with Gasteiger partial charge >= 0.3 is 0 Å². The third-order valence-corrected chi connectivity index (χ3v) is 5.70. The predicted molar refractivity (Wildman–Crippen MR) is 114 cm³/mol. The smallest absolute Gasteiger partial charge is 0.168 e. The maximum absolute atomic E-state index is 4.61. The summed E-state index contributed by atoms with van der Waals surface area (Å²) in [5, 5.41) is 9.23. The maximum atomic E-state index is 4.61. The van der Waals surface area contributed by atoms with Crippen LogP contribution in [0.3, 0.4) is 0 Å². The second-order valence-electron chi connectivity index (χ2n) is 7.68. The molecule has 2 aromatic carbocycles. The minimum atomic E-state index is 0.349. The van der Waals surface area contributed by atoms with Crippen LogP contribution in [0.5, 0.6) is 0 Å². The van der Waals surface area contributed by atoms with Crippen LogP contribution in [-0.4, -0.2) is 14.8 Å². The van der Waals surface area contributed by atoms with Crippen molar-refractivity contribution in [3.63, 3.8) is 0 Å². The lowest BCUT2D eigenvalue weighted by atomic mass is 9.75. The van der Waals surface area contributed by atoms with E-state index in [9.17, 15) is 0 Å². The maximum Gasteiger partial charge on any atom is 0.168 e. The fourth-order valence-corrected chi connectivity index (χ4v) is 4.33. The Morgan fingerprint density at radius 3 is 2.00 bits per heavy atom. The SMILES string of the molecule is CC1C=CC2C(n3c(-c4ccccc4)nnc3-c3ccccc3)=CC=CC2C1. The Labute approximate surface area is 165 Å². The highest BCUT2D eigenvalue weighted by atomic mass is 15.3. The second-order valence-corrected chi connectivity index (χ2v) is 7.68. The van der Waals surface area contributed by atoms with Crippen LogP contribution in [-0.2, 0) is 0 Å². The molecule has 0 saturated heterocycles. The third kappa shape index (κ3) is 2.93. The van der Waals surface area contributed by atoms with Gasteiger partial charge in [-0.25, -0.2) is 0 Å². The number of benzene rings is 2. The number of rotatable bonds is 3. The van der Waals surface area contributed by atoms with Crippen LogP contribution in [0.2, 0.25) is 0 Å². The summed E-state index contributed by atoms with van der Waals surface area (Å²) in [5.74, 6) is 3.28. The lowest BCUT2D eigenvalue weighted by molar-refractivity contribution is 0.426. The summed E-state index contributed by atoms with van der Waals surface area (Å²) in [6, 6.07) is 20.7.